The van der Waals surface area contributed by atoms with Gasteiger partial charge in [0.15, 0.2) is 0 Å². The van der Waals surface area contributed by atoms with Crippen molar-refractivity contribution >= 4 is 43.8 Å². The quantitative estimate of drug-likeness (QED) is 0.466. The standard InChI is InChI=1S/C24H20N4O2S2/c1-2-14-6-8-15(9-7-14)18-12-31-23-21(18)24(30)28(13-26-23)11-20(29)27-22-17(10-25)16-4-3-5-19(16)32-22/h6-9,12-13H,2-5,11H2,1H3,(H,27,29). The number of hydrogen-bond donors (Lipinski definition) is 1. The van der Waals surface area contributed by atoms with Crippen LogP contribution in [0.15, 0.2) is 40.8 Å². The van der Waals surface area contributed by atoms with E-state index in [1.807, 2.05) is 17.5 Å². The fraction of sp³-hybridized carbons (Fsp3) is 0.250. The van der Waals surface area contributed by atoms with Gasteiger partial charge in [0.25, 0.3) is 5.56 Å². The van der Waals surface area contributed by atoms with Crippen molar-refractivity contribution in [2.45, 2.75) is 39.2 Å². The number of carbonyl (C=O) groups excluding carboxylic acids is 1. The van der Waals surface area contributed by atoms with E-state index >= 15 is 0 Å². The minimum Gasteiger partial charge on any atom is -0.315 e. The van der Waals surface area contributed by atoms with Gasteiger partial charge < -0.3 is 5.32 Å². The second-order valence-corrected chi connectivity index (χ2v) is 9.74. The van der Waals surface area contributed by atoms with Gasteiger partial charge in [0.2, 0.25) is 5.91 Å². The molecule has 1 aliphatic carbocycles. The van der Waals surface area contributed by atoms with Crippen molar-refractivity contribution in [1.82, 2.24) is 9.55 Å². The molecule has 0 saturated heterocycles. The average molecular weight is 461 g/mol. The van der Waals surface area contributed by atoms with E-state index in [-0.39, 0.29) is 18.0 Å². The molecule has 160 valence electrons. The molecular formula is C24H20N4O2S2. The van der Waals surface area contributed by atoms with Crippen LogP contribution in [0, 0.1) is 11.3 Å². The van der Waals surface area contributed by atoms with Crippen LogP contribution in [-0.4, -0.2) is 15.5 Å². The number of amides is 1. The predicted octanol–water partition coefficient (Wildman–Crippen LogP) is 4.75. The van der Waals surface area contributed by atoms with Crippen LogP contribution in [0.5, 0.6) is 0 Å². The summed E-state index contributed by atoms with van der Waals surface area (Å²) in [5.74, 6) is -0.339. The average Bonchev–Trinajstić information content (AvgIpc) is 3.50. The van der Waals surface area contributed by atoms with Gasteiger partial charge in [-0.25, -0.2) is 4.98 Å². The Balaban J connectivity index is 1.44. The van der Waals surface area contributed by atoms with E-state index in [2.05, 4.69) is 35.4 Å². The number of thiophene rings is 2. The molecule has 0 atom stereocenters. The number of anilines is 1. The summed E-state index contributed by atoms with van der Waals surface area (Å²) in [5, 5.41) is 15.4. The molecule has 32 heavy (non-hydrogen) atoms. The summed E-state index contributed by atoms with van der Waals surface area (Å²) < 4.78 is 1.33. The van der Waals surface area contributed by atoms with Gasteiger partial charge in [-0.2, -0.15) is 5.26 Å². The summed E-state index contributed by atoms with van der Waals surface area (Å²) >= 11 is 2.89. The number of nitrogens with zero attached hydrogens (tertiary/aromatic N) is 3. The van der Waals surface area contributed by atoms with Crippen molar-refractivity contribution in [2.75, 3.05) is 5.32 Å². The van der Waals surface area contributed by atoms with Gasteiger partial charge in [-0.3, -0.25) is 14.2 Å². The third kappa shape index (κ3) is 3.53. The van der Waals surface area contributed by atoms with Gasteiger partial charge >= 0.3 is 0 Å². The van der Waals surface area contributed by atoms with Crippen LogP contribution in [0.3, 0.4) is 0 Å². The molecule has 0 fully saturated rings. The molecule has 3 aromatic heterocycles. The molecule has 1 N–H and O–H groups in total. The first kappa shape index (κ1) is 20.6. The lowest BCUT2D eigenvalue weighted by molar-refractivity contribution is -0.116. The highest BCUT2D eigenvalue weighted by atomic mass is 32.1. The largest absolute Gasteiger partial charge is 0.315 e. The zero-order valence-electron chi connectivity index (χ0n) is 17.5. The Hall–Kier alpha value is -3.28. The number of carbonyl (C=O) groups is 1. The van der Waals surface area contributed by atoms with Gasteiger partial charge in [-0.15, -0.1) is 22.7 Å². The van der Waals surface area contributed by atoms with Crippen molar-refractivity contribution in [2.24, 2.45) is 0 Å². The van der Waals surface area contributed by atoms with E-state index < -0.39 is 0 Å². The fourth-order valence-corrected chi connectivity index (χ4v) is 6.31. The maximum atomic E-state index is 13.2. The first-order valence-electron chi connectivity index (χ1n) is 10.5. The lowest BCUT2D eigenvalue weighted by Gasteiger charge is -2.07. The van der Waals surface area contributed by atoms with Gasteiger partial charge in [0.1, 0.15) is 22.4 Å². The van der Waals surface area contributed by atoms with Gasteiger partial charge in [0.05, 0.1) is 17.3 Å². The van der Waals surface area contributed by atoms with E-state index in [9.17, 15) is 14.9 Å². The van der Waals surface area contributed by atoms with Crippen molar-refractivity contribution in [3.8, 4) is 17.2 Å². The van der Waals surface area contributed by atoms with Gasteiger partial charge in [0, 0.05) is 15.8 Å². The van der Waals surface area contributed by atoms with Crippen LogP contribution < -0.4 is 10.9 Å². The van der Waals surface area contributed by atoms with E-state index in [4.69, 9.17) is 0 Å². The number of aromatic nitrogens is 2. The topological polar surface area (TPSA) is 87.8 Å². The highest BCUT2D eigenvalue weighted by molar-refractivity contribution is 7.17. The van der Waals surface area contributed by atoms with Crippen LogP contribution in [0.1, 0.15) is 34.9 Å². The Morgan fingerprint density at radius 1 is 1.28 bits per heavy atom. The van der Waals surface area contributed by atoms with Crippen molar-refractivity contribution in [3.63, 3.8) is 0 Å². The van der Waals surface area contributed by atoms with Crippen molar-refractivity contribution in [1.29, 1.82) is 5.26 Å². The zero-order valence-corrected chi connectivity index (χ0v) is 19.1. The highest BCUT2D eigenvalue weighted by Gasteiger charge is 2.23. The van der Waals surface area contributed by atoms with E-state index in [1.54, 1.807) is 0 Å². The highest BCUT2D eigenvalue weighted by Crippen LogP contribution is 2.38. The number of rotatable bonds is 5. The van der Waals surface area contributed by atoms with Crippen LogP contribution >= 0.6 is 22.7 Å². The van der Waals surface area contributed by atoms with Crippen LogP contribution in [-0.2, 0) is 30.6 Å². The Morgan fingerprint density at radius 2 is 2.09 bits per heavy atom. The van der Waals surface area contributed by atoms with Crippen LogP contribution in [0.25, 0.3) is 21.3 Å². The molecule has 0 unspecified atom stereocenters. The number of fused-ring (bicyclic) bond motifs is 2. The molecular weight excluding hydrogens is 440 g/mol. The molecule has 0 spiro atoms. The molecule has 5 rings (SSSR count). The summed E-state index contributed by atoms with van der Waals surface area (Å²) in [6.07, 6.45) is 5.25. The summed E-state index contributed by atoms with van der Waals surface area (Å²) in [5.41, 5.74) is 4.41. The van der Waals surface area contributed by atoms with E-state index in [0.29, 0.717) is 20.8 Å². The van der Waals surface area contributed by atoms with Crippen LogP contribution in [0.4, 0.5) is 5.00 Å². The predicted molar refractivity (Wildman–Crippen MR) is 128 cm³/mol. The summed E-state index contributed by atoms with van der Waals surface area (Å²) in [4.78, 5) is 32.2. The molecule has 6 nitrogen and oxygen atoms in total. The summed E-state index contributed by atoms with van der Waals surface area (Å²) in [7, 11) is 0. The first-order chi connectivity index (χ1) is 15.6. The summed E-state index contributed by atoms with van der Waals surface area (Å²) in [6.45, 7) is 1.95. The number of hydrogen-bond acceptors (Lipinski definition) is 6. The third-order valence-electron chi connectivity index (χ3n) is 5.83. The van der Waals surface area contributed by atoms with Crippen LogP contribution in [0.2, 0.25) is 0 Å². The maximum absolute atomic E-state index is 13.2. The maximum Gasteiger partial charge on any atom is 0.263 e. The molecule has 1 aromatic carbocycles. The lowest BCUT2D eigenvalue weighted by atomic mass is 10.0. The van der Waals surface area contributed by atoms with Crippen molar-refractivity contribution in [3.05, 3.63) is 67.9 Å². The molecule has 0 bridgehead atoms. The molecule has 3 heterocycles. The van der Waals surface area contributed by atoms with Crippen molar-refractivity contribution < 1.29 is 4.79 Å². The third-order valence-corrected chi connectivity index (χ3v) is 7.93. The Bertz CT molecular complexity index is 1440. The van der Waals surface area contributed by atoms with Gasteiger partial charge in [-0.1, -0.05) is 31.2 Å². The minimum absolute atomic E-state index is 0.154. The minimum atomic E-state index is -0.339. The molecule has 0 radical (unpaired) electrons. The number of nitriles is 1. The first-order valence-corrected chi connectivity index (χ1v) is 12.2. The Morgan fingerprint density at radius 3 is 2.84 bits per heavy atom. The number of benzene rings is 1. The SMILES string of the molecule is CCc1ccc(-c2csc3ncn(CC(=O)Nc4sc5c(c4C#N)CCC5)c(=O)c23)cc1. The Kier molecular flexibility index (Phi) is 5.37. The molecule has 1 aliphatic rings. The Labute approximate surface area is 192 Å². The number of aryl methyl sites for hydroxylation is 2. The molecule has 0 saturated carbocycles. The molecule has 1 amide bonds. The fourth-order valence-electron chi connectivity index (χ4n) is 4.14. The molecule has 4 aromatic rings. The van der Waals surface area contributed by atoms with E-state index in [1.165, 1.54) is 44.0 Å². The number of nitrogens with one attached hydrogen (secondary N) is 1. The molecule has 8 heteroatoms. The monoisotopic (exact) mass is 460 g/mol. The van der Waals surface area contributed by atoms with Gasteiger partial charge in [-0.05, 0) is 42.4 Å². The second-order valence-electron chi connectivity index (χ2n) is 7.78. The second kappa shape index (κ2) is 8.34. The lowest BCUT2D eigenvalue weighted by Crippen LogP contribution is -2.27. The van der Waals surface area contributed by atoms with E-state index in [0.717, 1.165) is 42.4 Å². The molecule has 0 aliphatic heterocycles. The normalized spacial score (nSPS) is 12.6. The smallest absolute Gasteiger partial charge is 0.263 e. The zero-order chi connectivity index (χ0) is 22.2. The summed E-state index contributed by atoms with van der Waals surface area (Å²) in [6, 6.07) is 10.4.